The zero-order valence-corrected chi connectivity index (χ0v) is 16.9. The van der Waals surface area contributed by atoms with E-state index in [0.717, 1.165) is 12.8 Å². The second-order valence-electron chi connectivity index (χ2n) is 6.77. The predicted octanol–water partition coefficient (Wildman–Crippen LogP) is 2.70. The van der Waals surface area contributed by atoms with Gasteiger partial charge in [0.1, 0.15) is 4.90 Å². The molecule has 1 fully saturated rings. The molecule has 148 valence electrons. The van der Waals surface area contributed by atoms with Crippen molar-refractivity contribution in [1.82, 2.24) is 14.1 Å². The van der Waals surface area contributed by atoms with Crippen LogP contribution in [0, 0.1) is 12.8 Å². The lowest BCUT2D eigenvalue weighted by Gasteiger charge is -2.31. The minimum Gasteiger partial charge on any atom is -0.493 e. The minimum atomic E-state index is -3.54. The fraction of sp³-hybridized carbons (Fsp3) is 0.526. The number of sulfonamides is 1. The van der Waals surface area contributed by atoms with Gasteiger partial charge in [-0.25, -0.2) is 8.42 Å². The molecule has 1 aliphatic heterocycles. The summed E-state index contributed by atoms with van der Waals surface area (Å²) in [4.78, 5) is 0.302. The van der Waals surface area contributed by atoms with E-state index in [1.54, 1.807) is 29.2 Å². The monoisotopic (exact) mass is 393 g/mol. The molecule has 3 rings (SSSR count). The van der Waals surface area contributed by atoms with Gasteiger partial charge in [0.15, 0.2) is 11.5 Å². The Labute approximate surface area is 160 Å². The number of rotatable bonds is 7. The van der Waals surface area contributed by atoms with Gasteiger partial charge in [-0.15, -0.1) is 0 Å². The van der Waals surface area contributed by atoms with E-state index in [2.05, 4.69) is 5.10 Å². The van der Waals surface area contributed by atoms with Crippen LogP contribution in [0.1, 0.15) is 25.5 Å². The molecule has 2 aromatic rings. The molecule has 1 saturated heterocycles. The third-order valence-electron chi connectivity index (χ3n) is 4.87. The number of para-hydroxylation sites is 2. The molecule has 1 aromatic heterocycles. The summed E-state index contributed by atoms with van der Waals surface area (Å²) >= 11 is 0. The normalized spacial score (nSPS) is 18.4. The highest BCUT2D eigenvalue weighted by atomic mass is 32.2. The third kappa shape index (κ3) is 4.27. The largest absolute Gasteiger partial charge is 0.493 e. The fourth-order valence-electron chi connectivity index (χ4n) is 3.38. The molecule has 0 radical (unpaired) electrons. The second kappa shape index (κ2) is 8.31. The molecule has 1 aromatic carbocycles. The van der Waals surface area contributed by atoms with E-state index < -0.39 is 10.0 Å². The van der Waals surface area contributed by atoms with E-state index in [0.29, 0.717) is 48.3 Å². The Bertz CT molecular complexity index is 879. The number of ether oxygens (including phenoxy) is 2. The number of methoxy groups -OCH3 is 1. The topological polar surface area (TPSA) is 73.7 Å². The first kappa shape index (κ1) is 19.7. The Morgan fingerprint density at radius 1 is 1.26 bits per heavy atom. The Morgan fingerprint density at radius 2 is 2.00 bits per heavy atom. The van der Waals surface area contributed by atoms with E-state index in [4.69, 9.17) is 9.47 Å². The fourth-order valence-corrected chi connectivity index (χ4v) is 5.10. The standard InChI is InChI=1S/C19H27N3O4S/c1-4-21-13-19(15(2)20-21)27(23,24)22-11-7-8-16(12-22)14-26-18-10-6-5-9-17(18)25-3/h5-6,9-10,13,16H,4,7-8,11-12,14H2,1-3H3/t16-/m0/s1. The van der Waals surface area contributed by atoms with Crippen LogP contribution in [0.2, 0.25) is 0 Å². The molecule has 0 amide bonds. The molecule has 1 atom stereocenters. The molecule has 0 spiro atoms. The zero-order valence-electron chi connectivity index (χ0n) is 16.1. The molecule has 1 aliphatic rings. The summed E-state index contributed by atoms with van der Waals surface area (Å²) in [7, 11) is -1.93. The summed E-state index contributed by atoms with van der Waals surface area (Å²) in [5.41, 5.74) is 0.546. The minimum absolute atomic E-state index is 0.139. The van der Waals surface area contributed by atoms with Crippen LogP contribution in [0.5, 0.6) is 11.5 Å². The summed E-state index contributed by atoms with van der Waals surface area (Å²) in [6.07, 6.45) is 3.38. The molecule has 8 heteroatoms. The molecule has 0 unspecified atom stereocenters. The number of hydrogen-bond donors (Lipinski definition) is 0. The Kier molecular flexibility index (Phi) is 6.06. The van der Waals surface area contributed by atoms with Crippen molar-refractivity contribution < 1.29 is 17.9 Å². The van der Waals surface area contributed by atoms with Gasteiger partial charge >= 0.3 is 0 Å². The summed E-state index contributed by atoms with van der Waals surface area (Å²) < 4.78 is 40.6. The number of hydrogen-bond acceptors (Lipinski definition) is 5. The first-order chi connectivity index (χ1) is 13.0. The number of nitrogens with zero attached hydrogens (tertiary/aromatic N) is 3. The lowest BCUT2D eigenvalue weighted by molar-refractivity contribution is 0.176. The van der Waals surface area contributed by atoms with Gasteiger partial charge < -0.3 is 9.47 Å². The van der Waals surface area contributed by atoms with Crippen LogP contribution in [-0.2, 0) is 16.6 Å². The molecule has 0 N–H and O–H groups in total. The van der Waals surface area contributed by atoms with Gasteiger partial charge in [0.2, 0.25) is 10.0 Å². The summed E-state index contributed by atoms with van der Waals surface area (Å²) in [6.45, 7) is 5.77. The predicted molar refractivity (Wildman–Crippen MR) is 103 cm³/mol. The highest BCUT2D eigenvalue weighted by Gasteiger charge is 2.32. The van der Waals surface area contributed by atoms with Crippen molar-refractivity contribution in [3.8, 4) is 11.5 Å². The molecule has 0 saturated carbocycles. The van der Waals surface area contributed by atoms with Crippen LogP contribution in [0.25, 0.3) is 0 Å². The number of aromatic nitrogens is 2. The van der Waals surface area contributed by atoms with Gasteiger partial charge in [-0.2, -0.15) is 9.40 Å². The van der Waals surface area contributed by atoms with Crippen molar-refractivity contribution >= 4 is 10.0 Å². The van der Waals surface area contributed by atoms with Crippen molar-refractivity contribution in [2.24, 2.45) is 5.92 Å². The zero-order chi connectivity index (χ0) is 19.4. The van der Waals surface area contributed by atoms with Gasteiger partial charge in [0, 0.05) is 31.7 Å². The quantitative estimate of drug-likeness (QED) is 0.723. The van der Waals surface area contributed by atoms with Gasteiger partial charge in [-0.3, -0.25) is 4.68 Å². The van der Waals surface area contributed by atoms with Gasteiger partial charge in [-0.05, 0) is 38.8 Å². The summed E-state index contributed by atoms with van der Waals surface area (Å²) in [5.74, 6) is 1.50. The van der Waals surface area contributed by atoms with Crippen LogP contribution in [0.4, 0.5) is 0 Å². The summed E-state index contributed by atoms with van der Waals surface area (Å²) in [5, 5.41) is 4.28. The Balaban J connectivity index is 1.69. The van der Waals surface area contributed by atoms with E-state index >= 15 is 0 Å². The van der Waals surface area contributed by atoms with Crippen molar-refractivity contribution in [3.63, 3.8) is 0 Å². The van der Waals surface area contributed by atoms with Crippen LogP contribution >= 0.6 is 0 Å². The number of benzene rings is 1. The van der Waals surface area contributed by atoms with E-state index in [1.165, 1.54) is 0 Å². The maximum absolute atomic E-state index is 13.1. The first-order valence-electron chi connectivity index (χ1n) is 9.25. The van der Waals surface area contributed by atoms with Crippen LogP contribution in [0.15, 0.2) is 35.4 Å². The van der Waals surface area contributed by atoms with Crippen molar-refractivity contribution in [1.29, 1.82) is 0 Å². The second-order valence-corrected chi connectivity index (χ2v) is 8.67. The lowest BCUT2D eigenvalue weighted by Crippen LogP contribution is -2.41. The smallest absolute Gasteiger partial charge is 0.246 e. The Hall–Kier alpha value is -2.06. The number of aryl methyl sites for hydroxylation is 2. The molecule has 27 heavy (non-hydrogen) atoms. The van der Waals surface area contributed by atoms with E-state index in [-0.39, 0.29) is 5.92 Å². The lowest BCUT2D eigenvalue weighted by atomic mass is 10.0. The SMILES string of the molecule is CCn1cc(S(=O)(=O)N2CCC[C@H](COc3ccccc3OC)C2)c(C)n1. The van der Waals surface area contributed by atoms with Crippen molar-refractivity contribution in [3.05, 3.63) is 36.2 Å². The molecule has 7 nitrogen and oxygen atoms in total. The maximum Gasteiger partial charge on any atom is 0.246 e. The summed E-state index contributed by atoms with van der Waals surface area (Å²) in [6, 6.07) is 7.49. The molecule has 2 heterocycles. The van der Waals surface area contributed by atoms with E-state index in [9.17, 15) is 8.42 Å². The average Bonchev–Trinajstić information content (AvgIpc) is 3.08. The van der Waals surface area contributed by atoms with Crippen molar-refractivity contribution in [2.45, 2.75) is 38.1 Å². The average molecular weight is 394 g/mol. The van der Waals surface area contributed by atoms with Crippen molar-refractivity contribution in [2.75, 3.05) is 26.8 Å². The van der Waals surface area contributed by atoms with Crippen LogP contribution < -0.4 is 9.47 Å². The molecular formula is C19H27N3O4S. The van der Waals surface area contributed by atoms with Gasteiger partial charge in [-0.1, -0.05) is 12.1 Å². The molecule has 0 aliphatic carbocycles. The Morgan fingerprint density at radius 3 is 2.67 bits per heavy atom. The third-order valence-corrected chi connectivity index (χ3v) is 6.84. The molecule has 0 bridgehead atoms. The molecular weight excluding hydrogens is 366 g/mol. The van der Waals surface area contributed by atoms with E-state index in [1.807, 2.05) is 31.2 Å². The number of piperidine rings is 1. The van der Waals surface area contributed by atoms with Crippen LogP contribution in [0.3, 0.4) is 0 Å². The maximum atomic E-state index is 13.1. The van der Waals surface area contributed by atoms with Gasteiger partial charge in [0.05, 0.1) is 19.4 Å². The highest BCUT2D eigenvalue weighted by molar-refractivity contribution is 7.89. The highest BCUT2D eigenvalue weighted by Crippen LogP contribution is 2.29. The first-order valence-corrected chi connectivity index (χ1v) is 10.7. The van der Waals surface area contributed by atoms with Crippen LogP contribution in [-0.4, -0.2) is 49.3 Å². The van der Waals surface area contributed by atoms with Gasteiger partial charge in [0.25, 0.3) is 0 Å².